The summed E-state index contributed by atoms with van der Waals surface area (Å²) in [5, 5.41) is 15.6. The van der Waals surface area contributed by atoms with Crippen molar-refractivity contribution in [2.24, 2.45) is 21.7 Å². The molecule has 0 saturated heterocycles. The van der Waals surface area contributed by atoms with E-state index in [1.807, 2.05) is 0 Å². The Labute approximate surface area is 85.9 Å². The van der Waals surface area contributed by atoms with Crippen LogP contribution in [0.15, 0.2) is 28.4 Å². The molecule has 1 aromatic carbocycles. The van der Waals surface area contributed by atoms with Gasteiger partial charge in [-0.15, -0.1) is 5.10 Å². The molecule has 6 heteroatoms. The van der Waals surface area contributed by atoms with Gasteiger partial charge in [-0.2, -0.15) is 5.10 Å². The van der Waals surface area contributed by atoms with Crippen molar-refractivity contribution < 1.29 is 9.50 Å². The van der Waals surface area contributed by atoms with Crippen LogP contribution in [0.5, 0.6) is 0 Å². The normalized spacial score (nSPS) is 10.5. The van der Waals surface area contributed by atoms with Gasteiger partial charge in [0.05, 0.1) is 12.8 Å². The van der Waals surface area contributed by atoms with Crippen LogP contribution < -0.4 is 11.5 Å². The average Bonchev–Trinajstić information content (AvgIpc) is 2.17. The largest absolute Gasteiger partial charge is 0.392 e. The Hall–Kier alpha value is -1.95. The molecule has 5 N–H and O–H groups in total. The number of rotatable bonds is 3. The van der Waals surface area contributed by atoms with Crippen LogP contribution in [0.2, 0.25) is 0 Å². The number of guanidine groups is 1. The molecule has 80 valence electrons. The molecule has 0 aliphatic rings. The number of hydrogen-bond donors (Lipinski definition) is 3. The van der Waals surface area contributed by atoms with E-state index in [0.29, 0.717) is 5.56 Å². The molecule has 0 unspecified atom stereocenters. The predicted molar refractivity (Wildman–Crippen MR) is 55.7 cm³/mol. The summed E-state index contributed by atoms with van der Waals surface area (Å²) in [4.78, 5) is 0. The van der Waals surface area contributed by atoms with Crippen LogP contribution in [-0.2, 0) is 6.61 Å². The predicted octanol–water partition coefficient (Wildman–Crippen LogP) is -0.0747. The summed E-state index contributed by atoms with van der Waals surface area (Å²) >= 11 is 0. The van der Waals surface area contributed by atoms with Crippen LogP contribution >= 0.6 is 0 Å². The monoisotopic (exact) mass is 210 g/mol. The standard InChI is InChI=1S/C9H11FN4O/c10-8-3-6(1-2-7(8)5-15)4-13-14-9(11)12/h1-4,15H,5H2,(H4,11,12,14). The maximum atomic E-state index is 13.1. The topological polar surface area (TPSA) is 97.0 Å². The van der Waals surface area contributed by atoms with Crippen LogP contribution in [-0.4, -0.2) is 17.3 Å². The Bertz CT molecular complexity index is 399. The lowest BCUT2D eigenvalue weighted by atomic mass is 10.1. The van der Waals surface area contributed by atoms with Gasteiger partial charge in [0.1, 0.15) is 5.82 Å². The highest BCUT2D eigenvalue weighted by molar-refractivity contribution is 5.81. The van der Waals surface area contributed by atoms with Crippen molar-refractivity contribution in [3.63, 3.8) is 0 Å². The lowest BCUT2D eigenvalue weighted by Crippen LogP contribution is -2.21. The summed E-state index contributed by atoms with van der Waals surface area (Å²) in [6.45, 7) is -0.336. The fraction of sp³-hybridized carbons (Fsp3) is 0.111. The minimum Gasteiger partial charge on any atom is -0.392 e. The van der Waals surface area contributed by atoms with Crippen LogP contribution in [0.3, 0.4) is 0 Å². The summed E-state index contributed by atoms with van der Waals surface area (Å²) in [6, 6.07) is 4.30. The lowest BCUT2D eigenvalue weighted by Gasteiger charge is -1.98. The first-order valence-electron chi connectivity index (χ1n) is 4.14. The Kier molecular flexibility index (Phi) is 3.75. The molecule has 0 aromatic heterocycles. The van der Waals surface area contributed by atoms with Crippen LogP contribution in [0, 0.1) is 5.82 Å². The van der Waals surface area contributed by atoms with Crippen molar-refractivity contribution in [1.82, 2.24) is 0 Å². The van der Waals surface area contributed by atoms with E-state index >= 15 is 0 Å². The number of nitrogens with zero attached hydrogens (tertiary/aromatic N) is 2. The second kappa shape index (κ2) is 5.06. The summed E-state index contributed by atoms with van der Waals surface area (Å²) in [7, 11) is 0. The van der Waals surface area contributed by atoms with Crippen molar-refractivity contribution in [3.05, 3.63) is 35.1 Å². The Morgan fingerprint density at radius 3 is 2.73 bits per heavy atom. The van der Waals surface area contributed by atoms with E-state index in [-0.39, 0.29) is 18.1 Å². The SMILES string of the molecule is NC(N)=NN=Cc1ccc(CO)c(F)c1. The Morgan fingerprint density at radius 2 is 2.20 bits per heavy atom. The fourth-order valence-electron chi connectivity index (χ4n) is 0.934. The third kappa shape index (κ3) is 3.35. The molecule has 0 bridgehead atoms. The first-order valence-corrected chi connectivity index (χ1v) is 4.14. The third-order valence-electron chi connectivity index (χ3n) is 1.63. The molecule has 1 rings (SSSR count). The average molecular weight is 210 g/mol. The number of benzene rings is 1. The van der Waals surface area contributed by atoms with Gasteiger partial charge in [0.2, 0.25) is 5.96 Å². The molecule has 0 fully saturated rings. The number of nitrogens with two attached hydrogens (primary N) is 2. The molecule has 0 atom stereocenters. The number of aliphatic hydroxyl groups excluding tert-OH is 1. The van der Waals surface area contributed by atoms with Crippen molar-refractivity contribution in [2.45, 2.75) is 6.61 Å². The van der Waals surface area contributed by atoms with E-state index < -0.39 is 5.82 Å². The molecule has 0 saturated carbocycles. The Balaban J connectivity index is 2.84. The van der Waals surface area contributed by atoms with Gasteiger partial charge in [-0.3, -0.25) is 0 Å². The molecular weight excluding hydrogens is 199 g/mol. The fourth-order valence-corrected chi connectivity index (χ4v) is 0.934. The third-order valence-corrected chi connectivity index (χ3v) is 1.63. The van der Waals surface area contributed by atoms with E-state index in [1.54, 1.807) is 6.07 Å². The summed E-state index contributed by atoms with van der Waals surface area (Å²) in [5.74, 6) is -0.662. The van der Waals surface area contributed by atoms with Crippen molar-refractivity contribution in [1.29, 1.82) is 0 Å². The number of hydrogen-bond acceptors (Lipinski definition) is 3. The lowest BCUT2D eigenvalue weighted by molar-refractivity contribution is 0.276. The maximum absolute atomic E-state index is 13.1. The minimum absolute atomic E-state index is 0.168. The van der Waals surface area contributed by atoms with E-state index in [0.717, 1.165) is 0 Å². The van der Waals surface area contributed by atoms with Crippen LogP contribution in [0.25, 0.3) is 0 Å². The highest BCUT2D eigenvalue weighted by Gasteiger charge is 2.00. The van der Waals surface area contributed by atoms with Crippen molar-refractivity contribution in [3.8, 4) is 0 Å². The highest BCUT2D eigenvalue weighted by atomic mass is 19.1. The minimum atomic E-state index is -0.494. The molecule has 0 aliphatic heterocycles. The molecule has 0 heterocycles. The van der Waals surface area contributed by atoms with E-state index in [4.69, 9.17) is 16.6 Å². The van der Waals surface area contributed by atoms with Gasteiger partial charge in [-0.1, -0.05) is 12.1 Å². The van der Waals surface area contributed by atoms with Gasteiger partial charge in [0.25, 0.3) is 0 Å². The summed E-state index contributed by atoms with van der Waals surface area (Å²) in [6.07, 6.45) is 1.31. The van der Waals surface area contributed by atoms with Gasteiger partial charge in [-0.05, 0) is 11.6 Å². The molecule has 0 amide bonds. The second-order valence-corrected chi connectivity index (χ2v) is 2.78. The van der Waals surface area contributed by atoms with Crippen LogP contribution in [0.1, 0.15) is 11.1 Å². The number of aliphatic hydroxyl groups is 1. The smallest absolute Gasteiger partial charge is 0.211 e. The molecule has 15 heavy (non-hydrogen) atoms. The van der Waals surface area contributed by atoms with Gasteiger partial charge in [-0.25, -0.2) is 4.39 Å². The van der Waals surface area contributed by atoms with Gasteiger partial charge in [0.15, 0.2) is 0 Å². The molecule has 0 aliphatic carbocycles. The quantitative estimate of drug-likeness (QED) is 0.370. The molecule has 0 spiro atoms. The first kappa shape index (κ1) is 11.1. The van der Waals surface area contributed by atoms with E-state index in [1.165, 1.54) is 18.3 Å². The van der Waals surface area contributed by atoms with Crippen molar-refractivity contribution >= 4 is 12.2 Å². The summed E-state index contributed by atoms with van der Waals surface area (Å²) in [5.41, 5.74) is 10.8. The molecule has 5 nitrogen and oxygen atoms in total. The van der Waals surface area contributed by atoms with Gasteiger partial charge >= 0.3 is 0 Å². The van der Waals surface area contributed by atoms with Gasteiger partial charge in [0, 0.05) is 5.56 Å². The zero-order valence-electron chi connectivity index (χ0n) is 7.89. The molecular formula is C9H11FN4O. The highest BCUT2D eigenvalue weighted by Crippen LogP contribution is 2.08. The van der Waals surface area contributed by atoms with E-state index in [9.17, 15) is 4.39 Å². The molecule has 0 radical (unpaired) electrons. The van der Waals surface area contributed by atoms with E-state index in [2.05, 4.69) is 10.2 Å². The summed E-state index contributed by atoms with van der Waals surface area (Å²) < 4.78 is 13.1. The zero-order chi connectivity index (χ0) is 11.3. The van der Waals surface area contributed by atoms with Crippen LogP contribution in [0.4, 0.5) is 4.39 Å². The number of halogens is 1. The molecule has 1 aromatic rings. The Morgan fingerprint density at radius 1 is 1.47 bits per heavy atom. The van der Waals surface area contributed by atoms with Crippen molar-refractivity contribution in [2.75, 3.05) is 0 Å². The maximum Gasteiger partial charge on any atom is 0.211 e. The zero-order valence-corrected chi connectivity index (χ0v) is 7.89. The second-order valence-electron chi connectivity index (χ2n) is 2.78. The van der Waals surface area contributed by atoms with Gasteiger partial charge < -0.3 is 16.6 Å². The first-order chi connectivity index (χ1) is 7.13.